The van der Waals surface area contributed by atoms with E-state index >= 15 is 0 Å². The lowest BCUT2D eigenvalue weighted by atomic mass is 9.95. The van der Waals surface area contributed by atoms with Crippen LogP contribution in [0.1, 0.15) is 25.0 Å². The number of aromatic nitrogens is 1. The van der Waals surface area contributed by atoms with Crippen LogP contribution in [0, 0.1) is 18.8 Å². The molecule has 1 saturated carbocycles. The van der Waals surface area contributed by atoms with E-state index < -0.39 is 0 Å². The van der Waals surface area contributed by atoms with Gasteiger partial charge in [0.25, 0.3) is 0 Å². The van der Waals surface area contributed by atoms with Gasteiger partial charge in [0, 0.05) is 5.92 Å². The summed E-state index contributed by atoms with van der Waals surface area (Å²) in [5.74, 6) is 0.460. The van der Waals surface area contributed by atoms with Crippen molar-refractivity contribution in [2.45, 2.75) is 26.2 Å². The number of hydrogen-bond acceptors (Lipinski definition) is 3. The van der Waals surface area contributed by atoms with Crippen molar-refractivity contribution in [3.8, 4) is 0 Å². The molecule has 0 aliphatic heterocycles. The Morgan fingerprint density at radius 3 is 3.00 bits per heavy atom. The van der Waals surface area contributed by atoms with Crippen LogP contribution in [-0.2, 0) is 4.79 Å². The predicted octanol–water partition coefficient (Wildman–Crippen LogP) is 2.47. The first-order valence-electron chi connectivity index (χ1n) is 6.26. The summed E-state index contributed by atoms with van der Waals surface area (Å²) in [6.07, 6.45) is 3.10. The summed E-state index contributed by atoms with van der Waals surface area (Å²) >= 11 is 3.31. The number of halogens is 1. The molecular formula is C13H18BrN3O. The van der Waals surface area contributed by atoms with Gasteiger partial charge in [0.1, 0.15) is 4.60 Å². The van der Waals surface area contributed by atoms with Crippen molar-refractivity contribution in [3.05, 3.63) is 22.4 Å². The van der Waals surface area contributed by atoms with Crippen LogP contribution in [0.4, 0.5) is 5.69 Å². The van der Waals surface area contributed by atoms with Crippen molar-refractivity contribution in [3.63, 3.8) is 0 Å². The molecular weight excluding hydrogens is 294 g/mol. The largest absolute Gasteiger partial charge is 0.330 e. The van der Waals surface area contributed by atoms with E-state index in [1.165, 1.54) is 0 Å². The fraction of sp³-hybridized carbons (Fsp3) is 0.538. The maximum absolute atomic E-state index is 12.2. The number of carbonyl (C=O) groups is 1. The van der Waals surface area contributed by atoms with Crippen molar-refractivity contribution in [2.75, 3.05) is 11.9 Å². The fourth-order valence-corrected chi connectivity index (χ4v) is 2.95. The molecule has 1 fully saturated rings. The number of anilines is 1. The standard InChI is InChI=1S/C13H18BrN3O/c1-8-11(5-6-12(14)16-8)17-13(18)10-4-2-3-9(10)7-15/h5-6,9-10H,2-4,7,15H2,1H3,(H,17,18). The molecule has 1 amide bonds. The molecule has 3 N–H and O–H groups in total. The van der Waals surface area contributed by atoms with Crippen LogP contribution in [0.25, 0.3) is 0 Å². The molecule has 0 spiro atoms. The van der Waals surface area contributed by atoms with Gasteiger partial charge in [-0.1, -0.05) is 6.42 Å². The number of nitrogens with one attached hydrogen (secondary N) is 1. The molecule has 0 bridgehead atoms. The molecule has 2 atom stereocenters. The Hall–Kier alpha value is -0.940. The summed E-state index contributed by atoms with van der Waals surface area (Å²) in [5, 5.41) is 2.97. The Morgan fingerprint density at radius 2 is 2.33 bits per heavy atom. The number of carbonyl (C=O) groups excluding carboxylic acids is 1. The van der Waals surface area contributed by atoms with Gasteiger partial charge in [0.05, 0.1) is 11.4 Å². The third-order valence-corrected chi connectivity index (χ3v) is 4.05. The number of nitrogens with two attached hydrogens (primary N) is 1. The zero-order valence-corrected chi connectivity index (χ0v) is 12.0. The van der Waals surface area contributed by atoms with Crippen LogP contribution >= 0.6 is 15.9 Å². The third-order valence-electron chi connectivity index (χ3n) is 3.61. The first-order valence-corrected chi connectivity index (χ1v) is 7.05. The van der Waals surface area contributed by atoms with Crippen molar-refractivity contribution < 1.29 is 4.79 Å². The summed E-state index contributed by atoms with van der Waals surface area (Å²) < 4.78 is 0.777. The van der Waals surface area contributed by atoms with Crippen LogP contribution < -0.4 is 11.1 Å². The summed E-state index contributed by atoms with van der Waals surface area (Å²) in [7, 11) is 0. The summed E-state index contributed by atoms with van der Waals surface area (Å²) in [6, 6.07) is 3.70. The first kappa shape index (κ1) is 13.5. The zero-order valence-electron chi connectivity index (χ0n) is 10.4. The highest BCUT2D eigenvalue weighted by molar-refractivity contribution is 9.10. The molecule has 1 heterocycles. The third kappa shape index (κ3) is 2.90. The van der Waals surface area contributed by atoms with Gasteiger partial charge in [-0.05, 0) is 60.3 Å². The minimum absolute atomic E-state index is 0.0537. The number of aryl methyl sites for hydroxylation is 1. The Morgan fingerprint density at radius 1 is 1.56 bits per heavy atom. The molecule has 0 radical (unpaired) electrons. The minimum Gasteiger partial charge on any atom is -0.330 e. The molecule has 98 valence electrons. The van der Waals surface area contributed by atoms with E-state index in [-0.39, 0.29) is 11.8 Å². The topological polar surface area (TPSA) is 68.0 Å². The molecule has 2 rings (SSSR count). The van der Waals surface area contributed by atoms with E-state index in [0.29, 0.717) is 12.5 Å². The van der Waals surface area contributed by atoms with Crippen LogP contribution in [-0.4, -0.2) is 17.4 Å². The van der Waals surface area contributed by atoms with E-state index in [4.69, 9.17) is 5.73 Å². The van der Waals surface area contributed by atoms with Gasteiger partial charge in [-0.15, -0.1) is 0 Å². The van der Waals surface area contributed by atoms with E-state index in [2.05, 4.69) is 26.2 Å². The maximum atomic E-state index is 12.2. The zero-order chi connectivity index (χ0) is 13.1. The minimum atomic E-state index is 0.0537. The van der Waals surface area contributed by atoms with Gasteiger partial charge >= 0.3 is 0 Å². The van der Waals surface area contributed by atoms with Gasteiger partial charge in [0.2, 0.25) is 5.91 Å². The van der Waals surface area contributed by atoms with Crippen molar-refractivity contribution >= 4 is 27.5 Å². The molecule has 18 heavy (non-hydrogen) atoms. The lowest BCUT2D eigenvalue weighted by molar-refractivity contribution is -0.120. The number of pyridine rings is 1. The highest BCUT2D eigenvalue weighted by Crippen LogP contribution is 2.32. The van der Waals surface area contributed by atoms with E-state index in [1.807, 2.05) is 19.1 Å². The molecule has 0 saturated heterocycles. The predicted molar refractivity (Wildman–Crippen MR) is 75.2 cm³/mol. The Balaban J connectivity index is 2.07. The number of amides is 1. The number of hydrogen-bond donors (Lipinski definition) is 2. The second-order valence-electron chi connectivity index (χ2n) is 4.79. The summed E-state index contributed by atoms with van der Waals surface area (Å²) in [6.45, 7) is 2.48. The second-order valence-corrected chi connectivity index (χ2v) is 5.60. The highest BCUT2D eigenvalue weighted by Gasteiger charge is 2.32. The number of rotatable bonds is 3. The smallest absolute Gasteiger partial charge is 0.227 e. The molecule has 0 aromatic carbocycles. The fourth-order valence-electron chi connectivity index (χ4n) is 2.55. The average Bonchev–Trinajstić information content (AvgIpc) is 2.81. The summed E-state index contributed by atoms with van der Waals surface area (Å²) in [5.41, 5.74) is 7.31. The highest BCUT2D eigenvalue weighted by atomic mass is 79.9. The molecule has 4 nitrogen and oxygen atoms in total. The van der Waals surface area contributed by atoms with Crippen LogP contribution in [0.3, 0.4) is 0 Å². The summed E-state index contributed by atoms with van der Waals surface area (Å²) in [4.78, 5) is 16.5. The van der Waals surface area contributed by atoms with Crippen molar-refractivity contribution in [2.24, 2.45) is 17.6 Å². The van der Waals surface area contributed by atoms with Gasteiger partial charge in [-0.3, -0.25) is 4.79 Å². The molecule has 1 aromatic rings. The number of nitrogens with zero attached hydrogens (tertiary/aromatic N) is 1. The molecule has 2 unspecified atom stereocenters. The van der Waals surface area contributed by atoms with Crippen LogP contribution in [0.15, 0.2) is 16.7 Å². The van der Waals surface area contributed by atoms with Gasteiger partial charge < -0.3 is 11.1 Å². The van der Waals surface area contributed by atoms with Crippen LogP contribution in [0.5, 0.6) is 0 Å². The Labute approximate surface area is 115 Å². The van der Waals surface area contributed by atoms with Crippen LogP contribution in [0.2, 0.25) is 0 Å². The maximum Gasteiger partial charge on any atom is 0.227 e. The SMILES string of the molecule is Cc1nc(Br)ccc1NC(=O)C1CCCC1CN. The van der Waals surface area contributed by atoms with Gasteiger partial charge in [-0.2, -0.15) is 0 Å². The van der Waals surface area contributed by atoms with Gasteiger partial charge in [0.15, 0.2) is 0 Å². The Bertz CT molecular complexity index is 450. The lowest BCUT2D eigenvalue weighted by Gasteiger charge is -2.18. The van der Waals surface area contributed by atoms with Crippen molar-refractivity contribution in [1.29, 1.82) is 0 Å². The normalized spacial score (nSPS) is 23.1. The van der Waals surface area contributed by atoms with Gasteiger partial charge in [-0.25, -0.2) is 4.98 Å². The first-order chi connectivity index (χ1) is 8.61. The Kier molecular flexibility index (Phi) is 4.35. The molecule has 1 aliphatic rings. The second kappa shape index (κ2) is 5.80. The van der Waals surface area contributed by atoms with Crippen molar-refractivity contribution in [1.82, 2.24) is 4.98 Å². The lowest BCUT2D eigenvalue weighted by Crippen LogP contribution is -2.30. The molecule has 1 aliphatic carbocycles. The molecule has 1 aromatic heterocycles. The van der Waals surface area contributed by atoms with E-state index in [0.717, 1.165) is 35.2 Å². The average molecular weight is 312 g/mol. The quantitative estimate of drug-likeness (QED) is 0.843. The monoisotopic (exact) mass is 311 g/mol. The van der Waals surface area contributed by atoms with E-state index in [1.54, 1.807) is 0 Å². The molecule has 5 heteroatoms. The van der Waals surface area contributed by atoms with E-state index in [9.17, 15) is 4.79 Å².